The summed E-state index contributed by atoms with van der Waals surface area (Å²) >= 11 is 5.98. The maximum atomic E-state index is 15.0. The van der Waals surface area contributed by atoms with Gasteiger partial charge in [-0.15, -0.1) is 0 Å². The number of fused-ring (bicyclic) bond motifs is 1. The fourth-order valence-electron chi connectivity index (χ4n) is 4.13. The Balaban J connectivity index is 1.48. The van der Waals surface area contributed by atoms with Crippen molar-refractivity contribution >= 4 is 22.8 Å². The number of ether oxygens (including phenoxy) is 1. The molecular formula is C25H24ClFN6O. The smallest absolute Gasteiger partial charge is 0.182 e. The maximum Gasteiger partial charge on any atom is 0.182 e. The third-order valence-electron chi connectivity index (χ3n) is 6.31. The van der Waals surface area contributed by atoms with Gasteiger partial charge in [-0.25, -0.2) is 24.3 Å². The number of rotatable bonds is 4. The minimum absolute atomic E-state index is 0.0727. The molecule has 1 aliphatic carbocycles. The molecule has 7 nitrogen and oxygen atoms in total. The van der Waals surface area contributed by atoms with E-state index in [0.29, 0.717) is 28.5 Å². The van der Waals surface area contributed by atoms with E-state index in [1.54, 1.807) is 25.4 Å². The molecule has 6 rings (SSSR count). The van der Waals surface area contributed by atoms with Gasteiger partial charge >= 0.3 is 0 Å². The molecular weight excluding hydrogens is 455 g/mol. The molecule has 9 heteroatoms. The van der Waals surface area contributed by atoms with Crippen LogP contribution in [0.2, 0.25) is 5.02 Å². The molecule has 0 amide bonds. The Labute approximate surface area is 205 Å². The quantitative estimate of drug-likeness (QED) is 0.374. The highest BCUT2D eigenvalue weighted by atomic mass is 35.5. The highest BCUT2D eigenvalue weighted by Gasteiger charge is 2.31. The Hall–Kier alpha value is -2.97. The molecule has 0 bridgehead atoms. The number of nitrogens with zero attached hydrogens (tertiary/aromatic N) is 6. The third kappa shape index (κ3) is 3.95. The standard InChI is InChI=1S/C25H24ClFN6O/c1-13-14(2)30-25-23(29-13)22(19-6-3-17(26)10-20(19)27)31-24(32-25)15-7-8-34-21(9-15)16-11-28-33(12-16)18-4-5-18/h3,6,10-12,15,18,21H,4-5,7-9H2,1-2H3/t15-,21-/m1/s1/i8D2,21D. The summed E-state index contributed by atoms with van der Waals surface area (Å²) in [6.07, 6.45) is 3.72. The van der Waals surface area contributed by atoms with Gasteiger partial charge in [0.1, 0.15) is 22.9 Å². The summed E-state index contributed by atoms with van der Waals surface area (Å²) in [5, 5.41) is 4.62. The Morgan fingerprint density at radius 3 is 2.76 bits per heavy atom. The molecule has 0 radical (unpaired) electrons. The second kappa shape index (κ2) is 8.36. The number of halogens is 2. The van der Waals surface area contributed by atoms with E-state index in [0.717, 1.165) is 12.8 Å². The number of aryl methyl sites for hydroxylation is 2. The van der Waals surface area contributed by atoms with Crippen LogP contribution in [-0.2, 0) is 4.74 Å². The normalized spacial score (nSPS) is 25.6. The van der Waals surface area contributed by atoms with Gasteiger partial charge in [0.05, 0.1) is 33.8 Å². The van der Waals surface area contributed by atoms with Gasteiger partial charge in [-0.2, -0.15) is 5.10 Å². The second-order valence-electron chi connectivity index (χ2n) is 8.84. The molecule has 1 aliphatic heterocycles. The summed E-state index contributed by atoms with van der Waals surface area (Å²) in [7, 11) is 0. The number of benzene rings is 1. The van der Waals surface area contributed by atoms with E-state index in [1.807, 2.05) is 11.6 Å². The van der Waals surface area contributed by atoms with Crippen molar-refractivity contribution in [1.29, 1.82) is 0 Å². The van der Waals surface area contributed by atoms with Crippen molar-refractivity contribution < 1.29 is 13.2 Å². The first-order valence-electron chi connectivity index (χ1n) is 12.7. The maximum absolute atomic E-state index is 15.0. The van der Waals surface area contributed by atoms with Crippen LogP contribution in [0.3, 0.4) is 0 Å². The molecule has 2 fully saturated rings. The van der Waals surface area contributed by atoms with Crippen LogP contribution in [0.25, 0.3) is 22.4 Å². The van der Waals surface area contributed by atoms with Crippen LogP contribution in [0.4, 0.5) is 4.39 Å². The monoisotopic (exact) mass is 481 g/mol. The van der Waals surface area contributed by atoms with Crippen molar-refractivity contribution in [1.82, 2.24) is 29.7 Å². The zero-order valence-corrected chi connectivity index (χ0v) is 19.5. The number of hydrogen-bond acceptors (Lipinski definition) is 6. The lowest BCUT2D eigenvalue weighted by Crippen LogP contribution is -2.20. The largest absolute Gasteiger partial charge is 0.373 e. The Morgan fingerprint density at radius 1 is 1.15 bits per heavy atom. The van der Waals surface area contributed by atoms with Gasteiger partial charge in [-0.05, 0) is 57.7 Å². The molecule has 3 aromatic heterocycles. The fourth-order valence-corrected chi connectivity index (χ4v) is 4.29. The van der Waals surface area contributed by atoms with Crippen LogP contribution in [0.1, 0.15) is 70.6 Å². The summed E-state index contributed by atoms with van der Waals surface area (Å²) in [5.74, 6) is -0.914. The first kappa shape index (κ1) is 18.4. The van der Waals surface area contributed by atoms with Crippen molar-refractivity contribution in [3.05, 3.63) is 64.2 Å². The third-order valence-corrected chi connectivity index (χ3v) is 6.55. The zero-order valence-electron chi connectivity index (χ0n) is 21.7. The van der Waals surface area contributed by atoms with Crippen LogP contribution in [0.15, 0.2) is 30.6 Å². The van der Waals surface area contributed by atoms with Gasteiger partial charge in [0.25, 0.3) is 0 Å². The number of hydrogen-bond donors (Lipinski definition) is 0. The molecule has 1 saturated heterocycles. The summed E-state index contributed by atoms with van der Waals surface area (Å²) in [4.78, 5) is 18.5. The van der Waals surface area contributed by atoms with Gasteiger partial charge in [0.2, 0.25) is 0 Å². The molecule has 1 saturated carbocycles. The molecule has 2 aliphatic rings. The van der Waals surface area contributed by atoms with Gasteiger partial charge in [0.15, 0.2) is 5.65 Å². The van der Waals surface area contributed by atoms with Gasteiger partial charge in [-0.3, -0.25) is 4.68 Å². The van der Waals surface area contributed by atoms with Crippen molar-refractivity contribution in [3.63, 3.8) is 0 Å². The molecule has 34 heavy (non-hydrogen) atoms. The Kier molecular flexibility index (Phi) is 4.52. The molecule has 1 aromatic carbocycles. The molecule has 4 heterocycles. The average molecular weight is 482 g/mol. The summed E-state index contributed by atoms with van der Waals surface area (Å²) in [6.45, 7) is 1.50. The molecule has 0 unspecified atom stereocenters. The van der Waals surface area contributed by atoms with E-state index < -0.39 is 24.4 Å². The fraction of sp³-hybridized carbons (Fsp3) is 0.400. The molecule has 174 valence electrons. The van der Waals surface area contributed by atoms with Crippen molar-refractivity contribution in [2.45, 2.75) is 57.6 Å². The van der Waals surface area contributed by atoms with E-state index in [-0.39, 0.29) is 40.6 Å². The Bertz CT molecular complexity index is 1540. The van der Waals surface area contributed by atoms with E-state index in [2.05, 4.69) is 20.1 Å². The van der Waals surface area contributed by atoms with Crippen LogP contribution >= 0.6 is 11.6 Å². The van der Waals surface area contributed by atoms with Crippen molar-refractivity contribution in [2.75, 3.05) is 6.56 Å². The van der Waals surface area contributed by atoms with E-state index >= 15 is 4.39 Å². The minimum Gasteiger partial charge on any atom is -0.373 e. The van der Waals surface area contributed by atoms with Gasteiger partial charge < -0.3 is 4.74 Å². The molecule has 2 atom stereocenters. The van der Waals surface area contributed by atoms with E-state index in [1.165, 1.54) is 12.1 Å². The predicted octanol–water partition coefficient (Wildman–Crippen LogP) is 5.66. The lowest BCUT2D eigenvalue weighted by Gasteiger charge is -2.28. The lowest BCUT2D eigenvalue weighted by atomic mass is 9.92. The van der Waals surface area contributed by atoms with Crippen LogP contribution in [0, 0.1) is 19.7 Å². The first-order valence-corrected chi connectivity index (χ1v) is 11.6. The minimum atomic E-state index is -2.12. The molecule has 4 aromatic rings. The number of aromatic nitrogens is 6. The second-order valence-corrected chi connectivity index (χ2v) is 9.27. The van der Waals surface area contributed by atoms with E-state index in [4.69, 9.17) is 25.4 Å². The summed E-state index contributed by atoms with van der Waals surface area (Å²) in [5.41, 5.74) is 2.86. The van der Waals surface area contributed by atoms with Gasteiger partial charge in [0, 0.05) is 34.8 Å². The molecule has 0 spiro atoms. The summed E-state index contributed by atoms with van der Waals surface area (Å²) < 4.78 is 48.5. The summed E-state index contributed by atoms with van der Waals surface area (Å²) in [6, 6.07) is 4.63. The van der Waals surface area contributed by atoms with Crippen LogP contribution < -0.4 is 0 Å². The highest BCUT2D eigenvalue weighted by molar-refractivity contribution is 6.30. The zero-order chi connectivity index (χ0) is 26.1. The van der Waals surface area contributed by atoms with Crippen molar-refractivity contribution in [2.24, 2.45) is 0 Å². The Morgan fingerprint density at radius 2 is 1.97 bits per heavy atom. The van der Waals surface area contributed by atoms with E-state index in [9.17, 15) is 0 Å². The van der Waals surface area contributed by atoms with Crippen molar-refractivity contribution in [3.8, 4) is 11.3 Å². The van der Waals surface area contributed by atoms with Gasteiger partial charge in [-0.1, -0.05) is 11.6 Å². The van der Waals surface area contributed by atoms with Crippen LogP contribution in [0.5, 0.6) is 0 Å². The lowest BCUT2D eigenvalue weighted by molar-refractivity contribution is 0.00396. The first-order chi connectivity index (χ1) is 17.5. The average Bonchev–Trinajstić information content (AvgIpc) is 3.54. The molecule has 0 N–H and O–H groups in total. The van der Waals surface area contributed by atoms with Crippen LogP contribution in [-0.4, -0.2) is 36.3 Å². The highest BCUT2D eigenvalue weighted by Crippen LogP contribution is 2.40. The SMILES string of the molecule is [2H]C1([2H])C[C@@H](c2nc(-c3ccc(Cl)cc3F)c3nc(C)c(C)nc3n2)C[C@]([2H])(c2cnn(C3CC3)c2)O1. The predicted molar refractivity (Wildman–Crippen MR) is 126 cm³/mol. The topological polar surface area (TPSA) is 78.6 Å².